The molecule has 0 bridgehead atoms. The van der Waals surface area contributed by atoms with Gasteiger partial charge >= 0.3 is 0 Å². The standard InChI is InChI=1S/C16H20ClN5/c17-14-9-18-16(20-12-4-2-1-3-5-12)21-15(14)11-8-19-22(10-11)13-6-7-13/h8-10,12-13H,1-7H2,(H,18,20,21). The van der Waals surface area contributed by atoms with E-state index in [2.05, 4.69) is 20.4 Å². The van der Waals surface area contributed by atoms with Crippen LogP contribution in [0.1, 0.15) is 51.0 Å². The predicted molar refractivity (Wildman–Crippen MR) is 87.0 cm³/mol. The van der Waals surface area contributed by atoms with Crippen molar-refractivity contribution in [3.63, 3.8) is 0 Å². The minimum absolute atomic E-state index is 0.483. The number of hydrogen-bond acceptors (Lipinski definition) is 4. The van der Waals surface area contributed by atoms with Gasteiger partial charge in [-0.1, -0.05) is 30.9 Å². The maximum absolute atomic E-state index is 6.29. The highest BCUT2D eigenvalue weighted by molar-refractivity contribution is 6.32. The zero-order chi connectivity index (χ0) is 14.9. The molecule has 0 aromatic carbocycles. The van der Waals surface area contributed by atoms with Crippen molar-refractivity contribution in [2.45, 2.75) is 57.0 Å². The first-order valence-electron chi connectivity index (χ1n) is 8.13. The third-order valence-corrected chi connectivity index (χ3v) is 4.76. The molecule has 2 fully saturated rings. The zero-order valence-electron chi connectivity index (χ0n) is 12.5. The molecule has 0 radical (unpaired) electrons. The van der Waals surface area contributed by atoms with Crippen LogP contribution in [0.4, 0.5) is 5.95 Å². The lowest BCUT2D eigenvalue weighted by molar-refractivity contribution is 0.461. The van der Waals surface area contributed by atoms with Crippen molar-refractivity contribution >= 4 is 17.5 Å². The van der Waals surface area contributed by atoms with E-state index in [1.807, 2.05) is 17.1 Å². The number of halogens is 1. The van der Waals surface area contributed by atoms with E-state index in [1.54, 1.807) is 6.20 Å². The average Bonchev–Trinajstić information content (AvgIpc) is 3.28. The van der Waals surface area contributed by atoms with Crippen molar-refractivity contribution in [1.29, 1.82) is 0 Å². The van der Waals surface area contributed by atoms with E-state index in [-0.39, 0.29) is 0 Å². The third-order valence-electron chi connectivity index (χ3n) is 4.48. The molecule has 2 aliphatic carbocycles. The third kappa shape index (κ3) is 2.95. The second-order valence-corrected chi connectivity index (χ2v) is 6.72. The fourth-order valence-electron chi connectivity index (χ4n) is 3.07. The Morgan fingerprint density at radius 3 is 2.68 bits per heavy atom. The molecule has 22 heavy (non-hydrogen) atoms. The molecule has 0 aliphatic heterocycles. The molecule has 2 aliphatic rings. The van der Waals surface area contributed by atoms with Crippen LogP contribution in [0.3, 0.4) is 0 Å². The lowest BCUT2D eigenvalue weighted by Gasteiger charge is -2.22. The van der Waals surface area contributed by atoms with Gasteiger partial charge in [0.1, 0.15) is 0 Å². The normalized spacial score (nSPS) is 19.3. The fraction of sp³-hybridized carbons (Fsp3) is 0.562. The Balaban J connectivity index is 1.56. The van der Waals surface area contributed by atoms with Crippen LogP contribution in [0.2, 0.25) is 5.02 Å². The summed E-state index contributed by atoms with van der Waals surface area (Å²) in [6.07, 6.45) is 14.3. The first-order valence-corrected chi connectivity index (χ1v) is 8.51. The first-order chi connectivity index (χ1) is 10.8. The Morgan fingerprint density at radius 2 is 1.91 bits per heavy atom. The SMILES string of the molecule is Clc1cnc(NC2CCCCC2)nc1-c1cnn(C2CC2)c1. The predicted octanol–water partition coefficient (Wildman–Crippen LogP) is 4.07. The second-order valence-electron chi connectivity index (χ2n) is 6.31. The van der Waals surface area contributed by atoms with Crippen molar-refractivity contribution in [2.75, 3.05) is 5.32 Å². The van der Waals surface area contributed by atoms with Crippen LogP contribution < -0.4 is 5.32 Å². The summed E-state index contributed by atoms with van der Waals surface area (Å²) < 4.78 is 2.02. The first kappa shape index (κ1) is 14.0. The summed E-state index contributed by atoms with van der Waals surface area (Å²) in [5.41, 5.74) is 1.73. The molecule has 116 valence electrons. The summed E-state index contributed by atoms with van der Waals surface area (Å²) >= 11 is 6.29. The van der Waals surface area contributed by atoms with E-state index < -0.39 is 0 Å². The summed E-state index contributed by atoms with van der Waals surface area (Å²) in [5.74, 6) is 0.672. The van der Waals surface area contributed by atoms with Gasteiger partial charge in [-0.3, -0.25) is 4.68 Å². The molecular weight excluding hydrogens is 298 g/mol. The Kier molecular flexibility index (Phi) is 3.74. The molecule has 2 aromatic heterocycles. The van der Waals surface area contributed by atoms with Crippen LogP contribution in [0, 0.1) is 0 Å². The molecule has 4 rings (SSSR count). The summed E-state index contributed by atoms with van der Waals surface area (Å²) in [6.45, 7) is 0. The zero-order valence-corrected chi connectivity index (χ0v) is 13.3. The number of anilines is 1. The minimum Gasteiger partial charge on any atom is -0.351 e. The van der Waals surface area contributed by atoms with Gasteiger partial charge in [-0.15, -0.1) is 0 Å². The number of aromatic nitrogens is 4. The lowest BCUT2D eigenvalue weighted by Crippen LogP contribution is -2.23. The highest BCUT2D eigenvalue weighted by Gasteiger charge is 2.25. The summed E-state index contributed by atoms with van der Waals surface area (Å²) in [4.78, 5) is 8.95. The number of nitrogens with one attached hydrogen (secondary N) is 1. The van der Waals surface area contributed by atoms with Gasteiger partial charge in [-0.2, -0.15) is 5.10 Å². The quantitative estimate of drug-likeness (QED) is 0.923. The maximum Gasteiger partial charge on any atom is 0.223 e. The monoisotopic (exact) mass is 317 g/mol. The van der Waals surface area contributed by atoms with Crippen LogP contribution in [-0.2, 0) is 0 Å². The Labute approximate surface area is 135 Å². The molecule has 2 heterocycles. The summed E-state index contributed by atoms with van der Waals surface area (Å²) in [6, 6.07) is 1.05. The Bertz CT molecular complexity index is 658. The van der Waals surface area contributed by atoms with Gasteiger partial charge in [0.2, 0.25) is 5.95 Å². The summed E-state index contributed by atoms with van der Waals surface area (Å²) in [7, 11) is 0. The molecule has 1 N–H and O–H groups in total. The molecule has 0 saturated heterocycles. The van der Waals surface area contributed by atoms with Crippen LogP contribution in [0.5, 0.6) is 0 Å². The number of nitrogens with zero attached hydrogens (tertiary/aromatic N) is 4. The van der Waals surface area contributed by atoms with Crippen molar-refractivity contribution in [1.82, 2.24) is 19.7 Å². The van der Waals surface area contributed by atoms with E-state index in [0.29, 0.717) is 23.1 Å². The van der Waals surface area contributed by atoms with Gasteiger partial charge in [0, 0.05) is 17.8 Å². The van der Waals surface area contributed by atoms with Crippen LogP contribution in [0.25, 0.3) is 11.3 Å². The van der Waals surface area contributed by atoms with Crippen LogP contribution >= 0.6 is 11.6 Å². The van der Waals surface area contributed by atoms with Gasteiger partial charge in [0.15, 0.2) is 0 Å². The van der Waals surface area contributed by atoms with Crippen molar-refractivity contribution in [3.8, 4) is 11.3 Å². The largest absolute Gasteiger partial charge is 0.351 e. The van der Waals surface area contributed by atoms with E-state index in [9.17, 15) is 0 Å². The molecule has 0 atom stereocenters. The topological polar surface area (TPSA) is 55.6 Å². The van der Waals surface area contributed by atoms with E-state index in [1.165, 1.54) is 44.9 Å². The molecule has 0 unspecified atom stereocenters. The average molecular weight is 318 g/mol. The lowest BCUT2D eigenvalue weighted by atomic mass is 9.96. The van der Waals surface area contributed by atoms with Crippen LogP contribution in [0.15, 0.2) is 18.6 Å². The van der Waals surface area contributed by atoms with Gasteiger partial charge in [0.05, 0.1) is 29.2 Å². The fourth-order valence-corrected chi connectivity index (χ4v) is 3.27. The molecule has 2 aromatic rings. The molecule has 0 spiro atoms. The molecule has 2 saturated carbocycles. The Hall–Kier alpha value is -1.62. The van der Waals surface area contributed by atoms with Gasteiger partial charge < -0.3 is 5.32 Å². The van der Waals surface area contributed by atoms with E-state index in [0.717, 1.165) is 11.3 Å². The highest BCUT2D eigenvalue weighted by Crippen LogP contribution is 2.36. The smallest absolute Gasteiger partial charge is 0.223 e. The van der Waals surface area contributed by atoms with Crippen molar-refractivity contribution in [2.24, 2.45) is 0 Å². The molecule has 0 amide bonds. The highest BCUT2D eigenvalue weighted by atomic mass is 35.5. The second kappa shape index (κ2) is 5.88. The minimum atomic E-state index is 0.483. The summed E-state index contributed by atoms with van der Waals surface area (Å²) in [5, 5.41) is 8.44. The van der Waals surface area contributed by atoms with Crippen molar-refractivity contribution < 1.29 is 0 Å². The van der Waals surface area contributed by atoms with Gasteiger partial charge in [-0.25, -0.2) is 9.97 Å². The van der Waals surface area contributed by atoms with Gasteiger partial charge in [0.25, 0.3) is 0 Å². The maximum atomic E-state index is 6.29. The van der Waals surface area contributed by atoms with E-state index in [4.69, 9.17) is 11.6 Å². The van der Waals surface area contributed by atoms with Crippen molar-refractivity contribution in [3.05, 3.63) is 23.6 Å². The Morgan fingerprint density at radius 1 is 1.09 bits per heavy atom. The number of rotatable bonds is 4. The molecule has 5 nitrogen and oxygen atoms in total. The van der Waals surface area contributed by atoms with Gasteiger partial charge in [-0.05, 0) is 25.7 Å². The molecular formula is C16H20ClN5. The van der Waals surface area contributed by atoms with E-state index >= 15 is 0 Å². The molecule has 6 heteroatoms. The number of hydrogen-bond donors (Lipinski definition) is 1. The van der Waals surface area contributed by atoms with Crippen LogP contribution in [-0.4, -0.2) is 25.8 Å².